The van der Waals surface area contributed by atoms with Crippen molar-refractivity contribution in [2.45, 2.75) is 25.2 Å². The monoisotopic (exact) mass is 255 g/mol. The Morgan fingerprint density at radius 1 is 1.39 bits per heavy atom. The third-order valence-corrected chi connectivity index (χ3v) is 3.27. The summed E-state index contributed by atoms with van der Waals surface area (Å²) in [6.07, 6.45) is 0.251. The van der Waals surface area contributed by atoms with E-state index < -0.39 is 19.0 Å². The number of halogens is 2. The number of nitrogens with zero attached hydrogens (tertiary/aromatic N) is 1. The van der Waals surface area contributed by atoms with Crippen molar-refractivity contribution >= 4 is 11.6 Å². The van der Waals surface area contributed by atoms with E-state index >= 15 is 0 Å². The zero-order valence-electron chi connectivity index (χ0n) is 10.1. The SMILES string of the molecule is CN1C(=O)CCc2cc(C(F)(F)CCO)ccc21. The van der Waals surface area contributed by atoms with E-state index in [9.17, 15) is 13.6 Å². The molecule has 0 aliphatic carbocycles. The van der Waals surface area contributed by atoms with Gasteiger partial charge in [0.05, 0.1) is 0 Å². The first kappa shape index (κ1) is 13.0. The Hall–Kier alpha value is -1.49. The predicted octanol–water partition coefficient (Wildman–Crippen LogP) is 2.07. The number of hydrogen-bond donors (Lipinski definition) is 1. The second-order valence-electron chi connectivity index (χ2n) is 4.47. The molecule has 98 valence electrons. The molecule has 0 aromatic heterocycles. The van der Waals surface area contributed by atoms with Gasteiger partial charge in [0.15, 0.2) is 0 Å². The number of anilines is 1. The first-order valence-electron chi connectivity index (χ1n) is 5.84. The quantitative estimate of drug-likeness (QED) is 0.898. The van der Waals surface area contributed by atoms with E-state index in [0.29, 0.717) is 18.5 Å². The fourth-order valence-corrected chi connectivity index (χ4v) is 2.17. The molecule has 0 fully saturated rings. The molecule has 0 saturated carbocycles. The van der Waals surface area contributed by atoms with Gasteiger partial charge in [-0.15, -0.1) is 0 Å². The van der Waals surface area contributed by atoms with Crippen LogP contribution in [0.1, 0.15) is 24.0 Å². The maximum atomic E-state index is 13.7. The Morgan fingerprint density at radius 2 is 2.11 bits per heavy atom. The number of amides is 1. The van der Waals surface area contributed by atoms with Crippen LogP contribution in [0, 0.1) is 0 Å². The van der Waals surface area contributed by atoms with Gasteiger partial charge >= 0.3 is 0 Å². The fourth-order valence-electron chi connectivity index (χ4n) is 2.17. The van der Waals surface area contributed by atoms with Gasteiger partial charge in [0.2, 0.25) is 5.91 Å². The second-order valence-corrected chi connectivity index (χ2v) is 4.47. The van der Waals surface area contributed by atoms with Gasteiger partial charge in [-0.1, -0.05) is 6.07 Å². The zero-order chi connectivity index (χ0) is 13.3. The van der Waals surface area contributed by atoms with Crippen LogP contribution < -0.4 is 4.90 Å². The van der Waals surface area contributed by atoms with Gasteiger partial charge in [0.1, 0.15) is 0 Å². The lowest BCUT2D eigenvalue weighted by Gasteiger charge is -2.27. The summed E-state index contributed by atoms with van der Waals surface area (Å²) in [5.74, 6) is -3.03. The molecule has 2 rings (SSSR count). The molecule has 1 heterocycles. The van der Waals surface area contributed by atoms with E-state index in [4.69, 9.17) is 5.11 Å². The average molecular weight is 255 g/mol. The standard InChI is InChI=1S/C13H15F2NO2/c1-16-11-4-3-10(13(14,15)6-7-17)8-9(11)2-5-12(16)18/h3-4,8,17H,2,5-7H2,1H3. The summed E-state index contributed by atoms with van der Waals surface area (Å²) in [6.45, 7) is -0.553. The molecule has 3 nitrogen and oxygen atoms in total. The van der Waals surface area contributed by atoms with E-state index in [1.807, 2.05) is 0 Å². The number of aliphatic hydroxyl groups excluding tert-OH is 1. The Labute approximate surface area is 104 Å². The van der Waals surface area contributed by atoms with Gasteiger partial charge in [-0.25, -0.2) is 8.78 Å². The fraction of sp³-hybridized carbons (Fsp3) is 0.462. The van der Waals surface area contributed by atoms with Crippen molar-refractivity contribution in [2.24, 2.45) is 0 Å². The number of aliphatic hydroxyl groups is 1. The molecule has 1 amide bonds. The highest BCUT2D eigenvalue weighted by atomic mass is 19.3. The third kappa shape index (κ3) is 2.22. The molecule has 5 heteroatoms. The van der Waals surface area contributed by atoms with Gasteiger partial charge in [0.25, 0.3) is 5.92 Å². The Morgan fingerprint density at radius 3 is 2.78 bits per heavy atom. The van der Waals surface area contributed by atoms with E-state index in [1.54, 1.807) is 13.1 Å². The maximum Gasteiger partial charge on any atom is 0.275 e. The minimum atomic E-state index is -3.02. The highest BCUT2D eigenvalue weighted by Crippen LogP contribution is 2.35. The molecule has 0 unspecified atom stereocenters. The number of carbonyl (C=O) groups is 1. The Balaban J connectivity index is 2.36. The molecular formula is C13H15F2NO2. The molecule has 0 spiro atoms. The van der Waals surface area contributed by atoms with Gasteiger partial charge in [-0.05, 0) is 24.1 Å². The molecule has 0 radical (unpaired) electrons. The number of aryl methyl sites for hydroxylation is 1. The first-order valence-corrected chi connectivity index (χ1v) is 5.84. The van der Waals surface area contributed by atoms with Gasteiger partial charge in [-0.2, -0.15) is 0 Å². The van der Waals surface area contributed by atoms with Gasteiger partial charge in [0, 0.05) is 37.7 Å². The van der Waals surface area contributed by atoms with Crippen molar-refractivity contribution in [1.29, 1.82) is 0 Å². The van der Waals surface area contributed by atoms with Crippen LogP contribution in [0.2, 0.25) is 0 Å². The normalized spacial score (nSPS) is 15.8. The number of alkyl halides is 2. The van der Waals surface area contributed by atoms with Crippen LogP contribution in [-0.4, -0.2) is 24.7 Å². The second kappa shape index (κ2) is 4.65. The van der Waals surface area contributed by atoms with E-state index in [0.717, 1.165) is 5.56 Å². The minimum absolute atomic E-state index is 0.00244. The van der Waals surface area contributed by atoms with Crippen LogP contribution in [-0.2, 0) is 17.1 Å². The summed E-state index contributed by atoms with van der Waals surface area (Å²) >= 11 is 0. The van der Waals surface area contributed by atoms with Crippen molar-refractivity contribution < 1.29 is 18.7 Å². The van der Waals surface area contributed by atoms with Crippen LogP contribution >= 0.6 is 0 Å². The van der Waals surface area contributed by atoms with E-state index in [2.05, 4.69) is 0 Å². The van der Waals surface area contributed by atoms with Crippen LogP contribution in [0.25, 0.3) is 0 Å². The molecule has 1 aromatic carbocycles. The molecular weight excluding hydrogens is 240 g/mol. The van der Waals surface area contributed by atoms with E-state index in [-0.39, 0.29) is 11.5 Å². The summed E-state index contributed by atoms with van der Waals surface area (Å²) < 4.78 is 27.3. The lowest BCUT2D eigenvalue weighted by atomic mass is 9.96. The average Bonchev–Trinajstić information content (AvgIpc) is 2.33. The molecule has 0 saturated heterocycles. The molecule has 0 atom stereocenters. The molecule has 1 aliphatic rings. The first-order chi connectivity index (χ1) is 8.45. The largest absolute Gasteiger partial charge is 0.396 e. The predicted molar refractivity (Wildman–Crippen MR) is 63.8 cm³/mol. The lowest BCUT2D eigenvalue weighted by Crippen LogP contribution is -2.31. The van der Waals surface area contributed by atoms with Gasteiger partial charge in [-0.3, -0.25) is 4.79 Å². The van der Waals surface area contributed by atoms with Gasteiger partial charge < -0.3 is 10.0 Å². The summed E-state index contributed by atoms with van der Waals surface area (Å²) in [5.41, 5.74) is 1.35. The summed E-state index contributed by atoms with van der Waals surface area (Å²) in [5, 5.41) is 8.65. The highest BCUT2D eigenvalue weighted by Gasteiger charge is 2.32. The molecule has 0 bridgehead atoms. The molecule has 1 aromatic rings. The lowest BCUT2D eigenvalue weighted by molar-refractivity contribution is -0.118. The summed E-state index contributed by atoms with van der Waals surface area (Å²) in [4.78, 5) is 13.0. The number of carbonyl (C=O) groups excluding carboxylic acids is 1. The van der Waals surface area contributed by atoms with Crippen LogP contribution in [0.15, 0.2) is 18.2 Å². The van der Waals surface area contributed by atoms with Crippen molar-refractivity contribution in [3.63, 3.8) is 0 Å². The van der Waals surface area contributed by atoms with Crippen LogP contribution in [0.4, 0.5) is 14.5 Å². The highest BCUT2D eigenvalue weighted by molar-refractivity contribution is 5.95. The number of hydrogen-bond acceptors (Lipinski definition) is 2. The Bertz CT molecular complexity index is 474. The Kier molecular flexibility index (Phi) is 3.34. The van der Waals surface area contributed by atoms with E-state index in [1.165, 1.54) is 17.0 Å². The number of fused-ring (bicyclic) bond motifs is 1. The smallest absolute Gasteiger partial charge is 0.275 e. The topological polar surface area (TPSA) is 40.5 Å². The number of benzene rings is 1. The number of rotatable bonds is 3. The maximum absolute atomic E-state index is 13.7. The molecule has 1 N–H and O–H groups in total. The van der Waals surface area contributed by atoms with Crippen molar-refractivity contribution in [2.75, 3.05) is 18.6 Å². The van der Waals surface area contributed by atoms with Crippen molar-refractivity contribution in [3.05, 3.63) is 29.3 Å². The van der Waals surface area contributed by atoms with Crippen LogP contribution in [0.5, 0.6) is 0 Å². The summed E-state index contributed by atoms with van der Waals surface area (Å²) in [6, 6.07) is 4.31. The van der Waals surface area contributed by atoms with Crippen molar-refractivity contribution in [1.82, 2.24) is 0 Å². The molecule has 18 heavy (non-hydrogen) atoms. The third-order valence-electron chi connectivity index (χ3n) is 3.27. The summed E-state index contributed by atoms with van der Waals surface area (Å²) in [7, 11) is 1.64. The zero-order valence-corrected chi connectivity index (χ0v) is 10.1. The molecule has 1 aliphatic heterocycles. The van der Waals surface area contributed by atoms with Crippen LogP contribution in [0.3, 0.4) is 0 Å². The minimum Gasteiger partial charge on any atom is -0.396 e. The van der Waals surface area contributed by atoms with Crippen molar-refractivity contribution in [3.8, 4) is 0 Å².